The topological polar surface area (TPSA) is 66.8 Å². The summed E-state index contributed by atoms with van der Waals surface area (Å²) in [6.07, 6.45) is 4.46. The third kappa shape index (κ3) is 1.23. The largest absolute Gasteiger partial charge is 0.458 e. The fraction of sp³-hybridized carbons (Fsp3) is 0.923. The lowest BCUT2D eigenvalue weighted by molar-refractivity contribution is -0.325. The predicted molar refractivity (Wildman–Crippen MR) is 60.1 cm³/mol. The van der Waals surface area contributed by atoms with Gasteiger partial charge in [0.25, 0.3) is 0 Å². The minimum atomic E-state index is -0.996. The maximum atomic E-state index is 11.3. The van der Waals surface area contributed by atoms with E-state index >= 15 is 0 Å². The van der Waals surface area contributed by atoms with Crippen LogP contribution < -0.4 is 0 Å². The zero-order valence-electron chi connectivity index (χ0n) is 10.2. The molecular weight excluding hydrogens is 220 g/mol. The molecule has 2 unspecified atom stereocenters. The quantitative estimate of drug-likeness (QED) is 0.671. The molecule has 0 aliphatic heterocycles. The van der Waals surface area contributed by atoms with Crippen LogP contribution in [0, 0.1) is 11.8 Å². The summed E-state index contributed by atoms with van der Waals surface area (Å²) >= 11 is 0. The molecular formula is C13H20O4. The highest BCUT2D eigenvalue weighted by Crippen LogP contribution is 2.66. The van der Waals surface area contributed by atoms with E-state index in [0.29, 0.717) is 6.42 Å². The lowest BCUT2D eigenvalue weighted by Gasteiger charge is -2.66. The van der Waals surface area contributed by atoms with Crippen LogP contribution in [0.2, 0.25) is 0 Å². The minimum absolute atomic E-state index is 0.0563. The Labute approximate surface area is 101 Å². The van der Waals surface area contributed by atoms with Crippen LogP contribution in [-0.2, 0) is 9.53 Å². The first-order valence-corrected chi connectivity index (χ1v) is 6.62. The second kappa shape index (κ2) is 3.45. The van der Waals surface area contributed by atoms with E-state index in [0.717, 1.165) is 32.1 Å². The molecule has 3 rings (SSSR count). The van der Waals surface area contributed by atoms with Gasteiger partial charge in [-0.25, -0.2) is 0 Å². The van der Waals surface area contributed by atoms with E-state index in [-0.39, 0.29) is 17.8 Å². The monoisotopic (exact) mass is 240 g/mol. The summed E-state index contributed by atoms with van der Waals surface area (Å²) < 4.78 is 5.57. The molecule has 0 bridgehead atoms. The van der Waals surface area contributed by atoms with Crippen LogP contribution in [0.4, 0.5) is 0 Å². The van der Waals surface area contributed by atoms with E-state index in [1.54, 1.807) is 0 Å². The Morgan fingerprint density at radius 3 is 2.53 bits per heavy atom. The summed E-state index contributed by atoms with van der Waals surface area (Å²) in [5.41, 5.74) is -1.47. The number of carbonyl (C=O) groups is 1. The number of ether oxygens (including phenoxy) is 1. The number of fused-ring (bicyclic) bond motifs is 4. The highest BCUT2D eigenvalue weighted by atomic mass is 16.6. The molecule has 0 aromatic carbocycles. The smallest absolute Gasteiger partial charge is 0.303 e. The minimum Gasteiger partial charge on any atom is -0.458 e. The van der Waals surface area contributed by atoms with E-state index in [1.165, 1.54) is 6.92 Å². The zero-order chi connectivity index (χ0) is 12.3. The van der Waals surface area contributed by atoms with Gasteiger partial charge in [0.2, 0.25) is 0 Å². The van der Waals surface area contributed by atoms with Crippen LogP contribution in [0.3, 0.4) is 0 Å². The van der Waals surface area contributed by atoms with Crippen molar-refractivity contribution in [3.05, 3.63) is 0 Å². The summed E-state index contributed by atoms with van der Waals surface area (Å²) in [4.78, 5) is 11.3. The van der Waals surface area contributed by atoms with Crippen molar-refractivity contribution < 1.29 is 19.7 Å². The van der Waals surface area contributed by atoms with Gasteiger partial charge in [0, 0.05) is 18.8 Å². The molecule has 4 nitrogen and oxygen atoms in total. The Bertz CT molecular complexity index is 355. The third-order valence-corrected chi connectivity index (χ3v) is 5.19. The van der Waals surface area contributed by atoms with Gasteiger partial charge in [-0.3, -0.25) is 4.79 Å². The fourth-order valence-corrected chi connectivity index (χ4v) is 4.73. The van der Waals surface area contributed by atoms with Crippen molar-refractivity contribution in [1.82, 2.24) is 0 Å². The normalized spacial score (nSPS) is 52.3. The van der Waals surface area contributed by atoms with E-state index in [4.69, 9.17) is 4.74 Å². The molecule has 17 heavy (non-hydrogen) atoms. The molecule has 5 atom stereocenters. The second-order valence-electron chi connectivity index (χ2n) is 5.88. The SMILES string of the molecule is CC(=O)O[C@]12CCC[C@H]1C1(O)C(O)CCC[C@H]12. The van der Waals surface area contributed by atoms with Crippen LogP contribution in [0.5, 0.6) is 0 Å². The zero-order valence-corrected chi connectivity index (χ0v) is 10.2. The van der Waals surface area contributed by atoms with Crippen LogP contribution in [-0.4, -0.2) is 33.5 Å². The van der Waals surface area contributed by atoms with Gasteiger partial charge < -0.3 is 14.9 Å². The number of hydrogen-bond acceptors (Lipinski definition) is 4. The van der Waals surface area contributed by atoms with Crippen molar-refractivity contribution >= 4 is 5.97 Å². The van der Waals surface area contributed by atoms with Crippen molar-refractivity contribution in [1.29, 1.82) is 0 Å². The number of aliphatic hydroxyl groups excluding tert-OH is 1. The second-order valence-corrected chi connectivity index (χ2v) is 5.88. The van der Waals surface area contributed by atoms with Gasteiger partial charge >= 0.3 is 5.97 Å². The maximum Gasteiger partial charge on any atom is 0.303 e. The summed E-state index contributed by atoms with van der Waals surface area (Å²) in [5, 5.41) is 20.8. The average molecular weight is 240 g/mol. The van der Waals surface area contributed by atoms with E-state index in [1.807, 2.05) is 0 Å². The molecule has 0 amide bonds. The highest BCUT2D eigenvalue weighted by molar-refractivity contribution is 5.67. The standard InChI is InChI=1S/C13H20O4/c1-8(14)17-12-7-3-5-10(12)13(16)9(12)4-2-6-11(13)15/h9-11,15-16H,2-7H2,1H3/t9-,10+,11?,12-,13?/m0/s1. The molecule has 0 aromatic heterocycles. The summed E-state index contributed by atoms with van der Waals surface area (Å²) in [6, 6.07) is 0. The van der Waals surface area contributed by atoms with Crippen LogP contribution >= 0.6 is 0 Å². The molecule has 0 saturated heterocycles. The van der Waals surface area contributed by atoms with Crippen molar-refractivity contribution in [2.45, 2.75) is 62.8 Å². The lowest BCUT2D eigenvalue weighted by Crippen LogP contribution is -2.78. The van der Waals surface area contributed by atoms with Crippen molar-refractivity contribution in [2.75, 3.05) is 0 Å². The Kier molecular flexibility index (Phi) is 2.33. The van der Waals surface area contributed by atoms with Gasteiger partial charge in [0.15, 0.2) is 0 Å². The number of esters is 1. The van der Waals surface area contributed by atoms with E-state index < -0.39 is 17.3 Å². The first-order chi connectivity index (χ1) is 8.02. The Balaban J connectivity index is 1.93. The molecule has 4 heteroatoms. The van der Waals surface area contributed by atoms with Gasteiger partial charge in [-0.15, -0.1) is 0 Å². The summed E-state index contributed by atoms with van der Waals surface area (Å²) in [7, 11) is 0. The number of hydrogen-bond donors (Lipinski definition) is 2. The molecule has 2 N–H and O–H groups in total. The Morgan fingerprint density at radius 1 is 1.24 bits per heavy atom. The van der Waals surface area contributed by atoms with E-state index in [9.17, 15) is 15.0 Å². The van der Waals surface area contributed by atoms with Crippen LogP contribution in [0.25, 0.3) is 0 Å². The summed E-state index contributed by atoms with van der Waals surface area (Å²) in [6.45, 7) is 1.43. The van der Waals surface area contributed by atoms with Gasteiger partial charge in [0.05, 0.1) is 6.10 Å². The van der Waals surface area contributed by atoms with Crippen molar-refractivity contribution in [3.63, 3.8) is 0 Å². The van der Waals surface area contributed by atoms with Gasteiger partial charge in [0.1, 0.15) is 11.2 Å². The van der Waals surface area contributed by atoms with Gasteiger partial charge in [-0.2, -0.15) is 0 Å². The maximum absolute atomic E-state index is 11.3. The molecule has 3 aliphatic rings. The first-order valence-electron chi connectivity index (χ1n) is 6.62. The molecule has 0 spiro atoms. The third-order valence-electron chi connectivity index (χ3n) is 5.19. The number of rotatable bonds is 1. The molecule has 3 fully saturated rings. The van der Waals surface area contributed by atoms with Gasteiger partial charge in [-0.05, 0) is 32.1 Å². The van der Waals surface area contributed by atoms with E-state index in [2.05, 4.69) is 0 Å². The number of carbonyl (C=O) groups excluding carboxylic acids is 1. The highest BCUT2D eigenvalue weighted by Gasteiger charge is 2.76. The average Bonchev–Trinajstić information content (AvgIpc) is 2.62. The van der Waals surface area contributed by atoms with Crippen LogP contribution in [0.15, 0.2) is 0 Å². The predicted octanol–water partition coefficient (Wildman–Crippen LogP) is 0.994. The molecule has 0 radical (unpaired) electrons. The van der Waals surface area contributed by atoms with Crippen LogP contribution in [0.1, 0.15) is 45.4 Å². The van der Waals surface area contributed by atoms with Crippen molar-refractivity contribution in [2.24, 2.45) is 11.8 Å². The molecule has 3 saturated carbocycles. The molecule has 96 valence electrons. The Hall–Kier alpha value is -0.610. The first kappa shape index (κ1) is 11.5. The van der Waals surface area contributed by atoms with Crippen molar-refractivity contribution in [3.8, 4) is 0 Å². The molecule has 0 heterocycles. The Morgan fingerprint density at radius 2 is 1.88 bits per heavy atom. The number of aliphatic hydroxyl groups is 2. The molecule has 3 aliphatic carbocycles. The fourth-order valence-electron chi connectivity index (χ4n) is 4.73. The summed E-state index contributed by atoms with van der Waals surface area (Å²) in [5.74, 6) is -0.381. The molecule has 0 aromatic rings. The lowest BCUT2D eigenvalue weighted by atomic mass is 9.46. The van der Waals surface area contributed by atoms with Gasteiger partial charge in [-0.1, -0.05) is 6.42 Å².